The van der Waals surface area contributed by atoms with E-state index in [1.165, 1.54) is 76.9 Å². The third kappa shape index (κ3) is 3.59. The second kappa shape index (κ2) is 9.69. The molecule has 0 unspecified atom stereocenters. The van der Waals surface area contributed by atoms with Gasteiger partial charge in [-0.1, -0.05) is 121 Å². The number of fused-ring (bicyclic) bond motifs is 7. The Balaban J connectivity index is 1.21. The molecule has 2 nitrogen and oxygen atoms in total. The van der Waals surface area contributed by atoms with E-state index in [-0.39, 0.29) is 0 Å². The molecule has 10 rings (SSSR count). The quantitative estimate of drug-likeness (QED) is 0.201. The van der Waals surface area contributed by atoms with Crippen LogP contribution in [-0.2, 0) is 0 Å². The summed E-state index contributed by atoms with van der Waals surface area (Å²) in [6, 6.07) is 59.0. The molecule has 0 N–H and O–H groups in total. The maximum atomic E-state index is 6.41. The molecule has 46 heavy (non-hydrogen) atoms. The Hall–Kier alpha value is -6.12. The Morgan fingerprint density at radius 1 is 0.370 bits per heavy atom. The first-order valence-corrected chi connectivity index (χ1v) is 15.8. The molecule has 214 valence electrons. The Morgan fingerprint density at radius 3 is 2.00 bits per heavy atom. The zero-order valence-corrected chi connectivity index (χ0v) is 24.9. The van der Waals surface area contributed by atoms with Gasteiger partial charge in [0.15, 0.2) is 0 Å². The van der Waals surface area contributed by atoms with Gasteiger partial charge >= 0.3 is 0 Å². The molecule has 0 bridgehead atoms. The number of hydrogen-bond acceptors (Lipinski definition) is 1. The third-order valence-corrected chi connectivity index (χ3v) is 9.60. The fraction of sp³-hybridized carbons (Fsp3) is 0. The fourth-order valence-corrected chi connectivity index (χ4v) is 7.60. The van der Waals surface area contributed by atoms with Crippen LogP contribution in [0.25, 0.3) is 82.4 Å². The van der Waals surface area contributed by atoms with Gasteiger partial charge in [-0.3, -0.25) is 0 Å². The van der Waals surface area contributed by atoms with Gasteiger partial charge < -0.3 is 9.30 Å². The smallest absolute Gasteiger partial charge is 0.135 e. The number of aromatic nitrogens is 1. The summed E-state index contributed by atoms with van der Waals surface area (Å²) in [4.78, 5) is 0. The van der Waals surface area contributed by atoms with E-state index in [9.17, 15) is 0 Å². The second-order valence-electron chi connectivity index (χ2n) is 12.1. The van der Waals surface area contributed by atoms with Crippen LogP contribution in [0.2, 0.25) is 0 Å². The van der Waals surface area contributed by atoms with Gasteiger partial charge in [0.2, 0.25) is 0 Å². The van der Waals surface area contributed by atoms with Crippen molar-refractivity contribution in [2.75, 3.05) is 0 Å². The molecule has 0 saturated carbocycles. The average molecular weight is 586 g/mol. The molecular formula is C44H27NO. The molecular weight excluding hydrogens is 558 g/mol. The van der Waals surface area contributed by atoms with Crippen molar-refractivity contribution in [2.24, 2.45) is 0 Å². The minimum Gasteiger partial charge on any atom is -0.456 e. The molecule has 1 aromatic heterocycles. The number of hydrogen-bond donors (Lipinski definition) is 0. The third-order valence-electron chi connectivity index (χ3n) is 9.60. The van der Waals surface area contributed by atoms with Gasteiger partial charge in [0.05, 0.1) is 11.0 Å². The topological polar surface area (TPSA) is 14.2 Å². The molecule has 9 aromatic rings. The molecule has 8 aromatic carbocycles. The van der Waals surface area contributed by atoms with E-state index in [4.69, 9.17) is 4.74 Å². The van der Waals surface area contributed by atoms with Crippen LogP contribution < -0.4 is 4.74 Å². The van der Waals surface area contributed by atoms with Gasteiger partial charge in [0.25, 0.3) is 0 Å². The number of nitrogens with zero attached hydrogens (tertiary/aromatic N) is 1. The first kappa shape index (κ1) is 25.2. The normalized spacial score (nSPS) is 12.1. The number of benzene rings is 8. The van der Waals surface area contributed by atoms with Gasteiger partial charge in [0.1, 0.15) is 11.5 Å². The van der Waals surface area contributed by atoms with Crippen LogP contribution in [0.4, 0.5) is 0 Å². The molecule has 0 atom stereocenters. The monoisotopic (exact) mass is 585 g/mol. The molecule has 0 amide bonds. The first-order valence-electron chi connectivity index (χ1n) is 15.8. The molecule has 0 radical (unpaired) electrons. The Labute approximate surface area is 266 Å². The Morgan fingerprint density at radius 2 is 1.09 bits per heavy atom. The summed E-state index contributed by atoms with van der Waals surface area (Å²) in [6.45, 7) is 0. The standard InChI is InChI=1S/C44H27NO/c1-2-11-30(12-3-1)45-39-19-8-6-16-37(39)43-38-27-29(22-21-28(38)23-25-40(43)45)31-13-4-5-14-32(31)33-24-26-42-44-35(33)17-10-18-36(44)34-15-7-9-20-41(34)46-42/h1-27H. The molecule has 0 aliphatic carbocycles. The maximum Gasteiger partial charge on any atom is 0.135 e. The number of ether oxygens (including phenoxy) is 1. The van der Waals surface area contributed by atoms with E-state index in [0.717, 1.165) is 17.1 Å². The van der Waals surface area contributed by atoms with Crippen molar-refractivity contribution in [1.82, 2.24) is 4.57 Å². The zero-order chi connectivity index (χ0) is 30.2. The molecule has 0 saturated heterocycles. The van der Waals surface area contributed by atoms with Gasteiger partial charge in [-0.15, -0.1) is 0 Å². The minimum absolute atomic E-state index is 0.909. The lowest BCUT2D eigenvalue weighted by molar-refractivity contribution is 0.487. The van der Waals surface area contributed by atoms with E-state index < -0.39 is 0 Å². The van der Waals surface area contributed by atoms with E-state index in [0.29, 0.717) is 0 Å². The second-order valence-corrected chi connectivity index (χ2v) is 12.1. The molecule has 2 heteroatoms. The molecule has 1 aliphatic rings. The molecule has 0 fully saturated rings. The van der Waals surface area contributed by atoms with Crippen molar-refractivity contribution in [1.29, 1.82) is 0 Å². The Bertz CT molecular complexity index is 2660. The molecule has 2 heterocycles. The van der Waals surface area contributed by atoms with E-state index in [1.807, 2.05) is 12.1 Å². The van der Waals surface area contributed by atoms with E-state index in [2.05, 4.69) is 156 Å². The summed E-state index contributed by atoms with van der Waals surface area (Å²) in [5, 5.41) is 7.42. The number of rotatable bonds is 3. The van der Waals surface area contributed by atoms with Crippen molar-refractivity contribution in [3.8, 4) is 50.6 Å². The molecule has 0 spiro atoms. The summed E-state index contributed by atoms with van der Waals surface area (Å²) < 4.78 is 8.80. The minimum atomic E-state index is 0.909. The fourth-order valence-electron chi connectivity index (χ4n) is 7.60. The van der Waals surface area contributed by atoms with E-state index >= 15 is 0 Å². The number of para-hydroxylation sites is 3. The highest BCUT2D eigenvalue weighted by atomic mass is 16.5. The summed E-state index contributed by atoms with van der Waals surface area (Å²) in [5.74, 6) is 1.82. The summed E-state index contributed by atoms with van der Waals surface area (Å²) in [7, 11) is 0. The maximum absolute atomic E-state index is 6.41. The SMILES string of the molecule is c1ccc(-n2c3ccccc3c3c4cc(-c5ccccc5-c5ccc6c7c(cccc57)-c5ccccc5O6)ccc4ccc32)cc1. The van der Waals surface area contributed by atoms with Crippen molar-refractivity contribution >= 4 is 43.4 Å². The summed E-state index contributed by atoms with van der Waals surface area (Å²) in [6.07, 6.45) is 0. The Kier molecular flexibility index (Phi) is 5.31. The molecule has 1 aliphatic heterocycles. The van der Waals surface area contributed by atoms with Crippen molar-refractivity contribution in [2.45, 2.75) is 0 Å². The lowest BCUT2D eigenvalue weighted by Crippen LogP contribution is -1.98. The van der Waals surface area contributed by atoms with Crippen LogP contribution >= 0.6 is 0 Å². The summed E-state index contributed by atoms with van der Waals surface area (Å²) >= 11 is 0. The first-order chi connectivity index (χ1) is 22.8. The van der Waals surface area contributed by atoms with Crippen LogP contribution in [0.1, 0.15) is 0 Å². The summed E-state index contributed by atoms with van der Waals surface area (Å²) in [5.41, 5.74) is 10.8. The van der Waals surface area contributed by atoms with Gasteiger partial charge in [0, 0.05) is 27.4 Å². The van der Waals surface area contributed by atoms with Crippen LogP contribution in [0.3, 0.4) is 0 Å². The van der Waals surface area contributed by atoms with Gasteiger partial charge in [-0.25, -0.2) is 0 Å². The van der Waals surface area contributed by atoms with Gasteiger partial charge in [-0.2, -0.15) is 0 Å². The van der Waals surface area contributed by atoms with Crippen LogP contribution in [-0.4, -0.2) is 4.57 Å². The van der Waals surface area contributed by atoms with Crippen LogP contribution in [0, 0.1) is 0 Å². The zero-order valence-electron chi connectivity index (χ0n) is 24.9. The lowest BCUT2D eigenvalue weighted by Gasteiger charge is -2.23. The van der Waals surface area contributed by atoms with Crippen LogP contribution in [0.15, 0.2) is 164 Å². The largest absolute Gasteiger partial charge is 0.456 e. The van der Waals surface area contributed by atoms with Crippen molar-refractivity contribution in [3.63, 3.8) is 0 Å². The van der Waals surface area contributed by atoms with E-state index in [1.54, 1.807) is 0 Å². The highest BCUT2D eigenvalue weighted by Crippen LogP contribution is 2.49. The highest BCUT2D eigenvalue weighted by molar-refractivity contribution is 6.22. The highest BCUT2D eigenvalue weighted by Gasteiger charge is 2.22. The predicted molar refractivity (Wildman–Crippen MR) is 192 cm³/mol. The predicted octanol–water partition coefficient (Wildman–Crippen LogP) is 12.2. The van der Waals surface area contributed by atoms with Crippen molar-refractivity contribution in [3.05, 3.63) is 164 Å². The van der Waals surface area contributed by atoms with Gasteiger partial charge in [-0.05, 0) is 86.4 Å². The van der Waals surface area contributed by atoms with Crippen molar-refractivity contribution < 1.29 is 4.74 Å². The lowest BCUT2D eigenvalue weighted by atomic mass is 9.87. The average Bonchev–Trinajstić information content (AvgIpc) is 3.47. The van der Waals surface area contributed by atoms with Crippen LogP contribution in [0.5, 0.6) is 11.5 Å².